The van der Waals surface area contributed by atoms with Crippen LogP contribution in [0, 0.1) is 17.8 Å². The topological polar surface area (TPSA) is 85.8 Å². The van der Waals surface area contributed by atoms with Crippen LogP contribution >= 0.6 is 24.0 Å². The van der Waals surface area contributed by atoms with Crippen LogP contribution in [-0.2, 0) is 4.79 Å². The molecule has 154 valence electrons. The van der Waals surface area contributed by atoms with E-state index in [1.165, 1.54) is 25.7 Å². The zero-order valence-electron chi connectivity index (χ0n) is 16.7. The largest absolute Gasteiger partial charge is 0.356 e. The summed E-state index contributed by atoms with van der Waals surface area (Å²) in [7, 11) is 1.84. The van der Waals surface area contributed by atoms with Gasteiger partial charge >= 0.3 is 6.03 Å². The van der Waals surface area contributed by atoms with Crippen LogP contribution in [0.1, 0.15) is 52.4 Å². The predicted octanol–water partition coefficient (Wildman–Crippen LogP) is 2.32. The van der Waals surface area contributed by atoms with Crippen molar-refractivity contribution in [1.82, 2.24) is 20.9 Å². The standard InChI is InChI=1S/C19H33N5O2.HI/c1-13-4-6-14(7-5-13)12-21-17(20-3)24-10-8-15(9-11-24)19(2)16(25)22-18(26)23-19;/h13-15H,4-12H2,1-3H3,(H,20,21)(H2,22,23,25,26);1H. The highest BCUT2D eigenvalue weighted by molar-refractivity contribution is 14.0. The number of amides is 3. The number of rotatable bonds is 3. The van der Waals surface area contributed by atoms with Crippen molar-refractivity contribution >= 4 is 41.9 Å². The van der Waals surface area contributed by atoms with Crippen LogP contribution in [-0.4, -0.2) is 55.0 Å². The Morgan fingerprint density at radius 1 is 1.19 bits per heavy atom. The molecule has 1 aliphatic carbocycles. The van der Waals surface area contributed by atoms with Crippen molar-refractivity contribution in [1.29, 1.82) is 0 Å². The molecule has 7 nitrogen and oxygen atoms in total. The van der Waals surface area contributed by atoms with Crippen molar-refractivity contribution in [3.8, 4) is 0 Å². The molecule has 1 atom stereocenters. The van der Waals surface area contributed by atoms with Crippen LogP contribution in [0.2, 0.25) is 0 Å². The first-order chi connectivity index (χ1) is 12.4. The Labute approximate surface area is 179 Å². The van der Waals surface area contributed by atoms with Gasteiger partial charge in [0.05, 0.1) is 0 Å². The average Bonchev–Trinajstić information content (AvgIpc) is 2.90. The molecular formula is C19H34IN5O2. The number of nitrogens with one attached hydrogen (secondary N) is 3. The monoisotopic (exact) mass is 491 g/mol. The molecule has 0 spiro atoms. The molecule has 3 rings (SSSR count). The van der Waals surface area contributed by atoms with Crippen molar-refractivity contribution in [2.24, 2.45) is 22.7 Å². The summed E-state index contributed by atoms with van der Waals surface area (Å²) in [5, 5.41) is 8.75. The third kappa shape index (κ3) is 5.06. The number of urea groups is 1. The minimum Gasteiger partial charge on any atom is -0.356 e. The van der Waals surface area contributed by atoms with Crippen LogP contribution in [0.3, 0.4) is 0 Å². The van der Waals surface area contributed by atoms with E-state index in [4.69, 9.17) is 0 Å². The first-order valence-electron chi connectivity index (χ1n) is 10.0. The maximum absolute atomic E-state index is 12.1. The molecule has 3 aliphatic rings. The van der Waals surface area contributed by atoms with E-state index >= 15 is 0 Å². The van der Waals surface area contributed by atoms with E-state index in [9.17, 15) is 9.59 Å². The zero-order chi connectivity index (χ0) is 18.7. The molecule has 2 heterocycles. The van der Waals surface area contributed by atoms with Crippen LogP contribution in [0.15, 0.2) is 4.99 Å². The highest BCUT2D eigenvalue weighted by Gasteiger charge is 2.48. The van der Waals surface area contributed by atoms with Gasteiger partial charge in [0.2, 0.25) is 0 Å². The number of nitrogens with zero attached hydrogens (tertiary/aromatic N) is 2. The molecule has 3 fully saturated rings. The molecule has 0 aromatic heterocycles. The van der Waals surface area contributed by atoms with Gasteiger partial charge in [-0.3, -0.25) is 15.1 Å². The molecule has 27 heavy (non-hydrogen) atoms. The van der Waals surface area contributed by atoms with Crippen LogP contribution in [0.4, 0.5) is 4.79 Å². The van der Waals surface area contributed by atoms with Gasteiger partial charge in [-0.2, -0.15) is 0 Å². The Hall–Kier alpha value is -1.06. The molecule has 3 N–H and O–H groups in total. The molecule has 0 bridgehead atoms. The summed E-state index contributed by atoms with van der Waals surface area (Å²) < 4.78 is 0. The smallest absolute Gasteiger partial charge is 0.322 e. The van der Waals surface area contributed by atoms with Gasteiger partial charge in [-0.05, 0) is 50.4 Å². The maximum Gasteiger partial charge on any atom is 0.322 e. The van der Waals surface area contributed by atoms with Crippen molar-refractivity contribution < 1.29 is 9.59 Å². The Bertz CT molecular complexity index is 568. The highest BCUT2D eigenvalue weighted by atomic mass is 127. The fourth-order valence-corrected chi connectivity index (χ4v) is 4.61. The van der Waals surface area contributed by atoms with Crippen molar-refractivity contribution in [2.45, 2.75) is 57.9 Å². The third-order valence-electron chi connectivity index (χ3n) is 6.58. The van der Waals surface area contributed by atoms with Crippen LogP contribution in [0.25, 0.3) is 0 Å². The molecule has 1 saturated carbocycles. The second kappa shape index (κ2) is 9.43. The molecule has 2 saturated heterocycles. The zero-order valence-corrected chi connectivity index (χ0v) is 19.0. The Kier molecular flexibility index (Phi) is 7.76. The Balaban J connectivity index is 0.00000261. The molecule has 8 heteroatoms. The number of piperidine rings is 1. The molecule has 0 aromatic rings. The highest BCUT2D eigenvalue weighted by Crippen LogP contribution is 2.31. The number of aliphatic imine (C=N–C) groups is 1. The van der Waals surface area contributed by atoms with E-state index in [1.807, 2.05) is 14.0 Å². The van der Waals surface area contributed by atoms with E-state index in [0.717, 1.165) is 50.3 Å². The van der Waals surface area contributed by atoms with Gasteiger partial charge in [0, 0.05) is 26.7 Å². The molecule has 3 amide bonds. The van der Waals surface area contributed by atoms with E-state index in [-0.39, 0.29) is 41.8 Å². The fraction of sp³-hybridized carbons (Fsp3) is 0.842. The number of hydrogen-bond acceptors (Lipinski definition) is 3. The quantitative estimate of drug-likeness (QED) is 0.245. The lowest BCUT2D eigenvalue weighted by Gasteiger charge is -2.40. The van der Waals surface area contributed by atoms with Crippen molar-refractivity contribution in [3.63, 3.8) is 0 Å². The maximum atomic E-state index is 12.1. The van der Waals surface area contributed by atoms with Crippen molar-refractivity contribution in [2.75, 3.05) is 26.7 Å². The molecule has 0 aromatic carbocycles. The lowest BCUT2D eigenvalue weighted by Crippen LogP contribution is -2.55. The summed E-state index contributed by atoms with van der Waals surface area (Å²) >= 11 is 0. The fourth-order valence-electron chi connectivity index (χ4n) is 4.61. The van der Waals surface area contributed by atoms with Gasteiger partial charge in [0.15, 0.2) is 5.96 Å². The first kappa shape index (κ1) is 22.2. The molecular weight excluding hydrogens is 457 g/mol. The summed E-state index contributed by atoms with van der Waals surface area (Å²) in [6.45, 7) is 6.88. The summed E-state index contributed by atoms with van der Waals surface area (Å²) in [5.74, 6) is 2.54. The van der Waals surface area contributed by atoms with Gasteiger partial charge in [-0.25, -0.2) is 4.79 Å². The Morgan fingerprint density at radius 2 is 1.81 bits per heavy atom. The second-order valence-corrected chi connectivity index (χ2v) is 8.43. The predicted molar refractivity (Wildman–Crippen MR) is 117 cm³/mol. The first-order valence-corrected chi connectivity index (χ1v) is 10.0. The Morgan fingerprint density at radius 3 is 2.33 bits per heavy atom. The second-order valence-electron chi connectivity index (χ2n) is 8.43. The summed E-state index contributed by atoms with van der Waals surface area (Å²) in [6, 6.07) is -0.376. The lowest BCUT2D eigenvalue weighted by molar-refractivity contribution is -0.125. The van der Waals surface area contributed by atoms with Gasteiger partial charge < -0.3 is 15.5 Å². The van der Waals surface area contributed by atoms with E-state index in [0.29, 0.717) is 0 Å². The third-order valence-corrected chi connectivity index (χ3v) is 6.58. The van der Waals surface area contributed by atoms with Gasteiger partial charge in [-0.15, -0.1) is 24.0 Å². The SMILES string of the molecule is CN=C(NCC1CCC(C)CC1)N1CCC(C2(C)NC(=O)NC2=O)CC1.I. The number of hydrogen-bond donors (Lipinski definition) is 3. The minimum absolute atomic E-state index is 0. The number of carbonyl (C=O) groups excluding carboxylic acids is 2. The van der Waals surface area contributed by atoms with E-state index in [2.05, 4.69) is 32.8 Å². The van der Waals surface area contributed by atoms with Crippen LogP contribution < -0.4 is 16.0 Å². The van der Waals surface area contributed by atoms with Gasteiger partial charge in [0.25, 0.3) is 5.91 Å². The summed E-state index contributed by atoms with van der Waals surface area (Å²) in [4.78, 5) is 30.4. The number of carbonyl (C=O) groups is 2. The minimum atomic E-state index is -0.779. The number of likely N-dealkylation sites (tertiary alicyclic amines) is 1. The number of halogens is 1. The number of guanidine groups is 1. The molecule has 1 unspecified atom stereocenters. The van der Waals surface area contributed by atoms with E-state index in [1.54, 1.807) is 0 Å². The van der Waals surface area contributed by atoms with Gasteiger partial charge in [0.1, 0.15) is 5.54 Å². The normalized spacial score (nSPS) is 32.6. The average molecular weight is 491 g/mol. The van der Waals surface area contributed by atoms with Gasteiger partial charge in [-0.1, -0.05) is 19.8 Å². The van der Waals surface area contributed by atoms with Crippen LogP contribution in [0.5, 0.6) is 0 Å². The molecule has 2 aliphatic heterocycles. The summed E-state index contributed by atoms with van der Waals surface area (Å²) in [6.07, 6.45) is 7.02. The van der Waals surface area contributed by atoms with E-state index < -0.39 is 5.54 Å². The molecule has 0 radical (unpaired) electrons. The lowest BCUT2D eigenvalue weighted by atomic mass is 9.79. The number of imide groups is 1. The summed E-state index contributed by atoms with van der Waals surface area (Å²) in [5.41, 5.74) is -0.779. The van der Waals surface area contributed by atoms with Crippen molar-refractivity contribution in [3.05, 3.63) is 0 Å².